The molecular formula is C5H9NO2. The lowest BCUT2D eigenvalue weighted by atomic mass is 10.4. The second-order valence-electron chi connectivity index (χ2n) is 1.25. The van der Waals surface area contributed by atoms with Crippen LogP contribution in [0, 0.1) is 0 Å². The van der Waals surface area contributed by atoms with Crippen LogP contribution in [0.15, 0.2) is 12.2 Å². The summed E-state index contributed by atoms with van der Waals surface area (Å²) >= 11 is 0. The van der Waals surface area contributed by atoms with E-state index in [0.29, 0.717) is 0 Å². The van der Waals surface area contributed by atoms with Crippen molar-refractivity contribution < 1.29 is 9.63 Å². The first-order valence-electron chi connectivity index (χ1n) is 2.38. The fraction of sp³-hybridized carbons (Fsp3) is 0.400. The standard InChI is InChI=1S/C5H9NO2/c1-2-3-4-5(7)8-6/h3-4H,2,6H2,1H3/b4-3+. The summed E-state index contributed by atoms with van der Waals surface area (Å²) in [4.78, 5) is 14.0. The largest absolute Gasteiger partial charge is 0.370 e. The molecule has 0 aliphatic carbocycles. The third kappa shape index (κ3) is 3.36. The Bertz CT molecular complexity index is 98.6. The van der Waals surface area contributed by atoms with Crippen molar-refractivity contribution in [2.75, 3.05) is 0 Å². The molecule has 0 spiro atoms. The highest BCUT2D eigenvalue weighted by molar-refractivity contribution is 5.81. The summed E-state index contributed by atoms with van der Waals surface area (Å²) in [6, 6.07) is 0. The average molecular weight is 115 g/mol. The predicted octanol–water partition coefficient (Wildman–Crippen LogP) is 0.370. The smallest absolute Gasteiger partial charge is 0.348 e. The van der Waals surface area contributed by atoms with E-state index in [-0.39, 0.29) is 0 Å². The summed E-state index contributed by atoms with van der Waals surface area (Å²) in [7, 11) is 0. The number of rotatable bonds is 2. The first kappa shape index (κ1) is 7.17. The van der Waals surface area contributed by atoms with Crippen LogP contribution in [-0.2, 0) is 9.63 Å². The maximum absolute atomic E-state index is 10.1. The minimum Gasteiger partial charge on any atom is -0.370 e. The lowest BCUT2D eigenvalue weighted by Crippen LogP contribution is -2.05. The van der Waals surface area contributed by atoms with E-state index in [1.807, 2.05) is 6.92 Å². The van der Waals surface area contributed by atoms with E-state index < -0.39 is 5.97 Å². The van der Waals surface area contributed by atoms with Gasteiger partial charge in [-0.25, -0.2) is 4.79 Å². The van der Waals surface area contributed by atoms with Crippen LogP contribution in [-0.4, -0.2) is 5.97 Å². The molecule has 0 aromatic carbocycles. The van der Waals surface area contributed by atoms with E-state index in [0.717, 1.165) is 6.42 Å². The number of allylic oxidation sites excluding steroid dienone is 1. The van der Waals surface area contributed by atoms with Crippen molar-refractivity contribution in [3.8, 4) is 0 Å². The molecule has 0 saturated carbocycles. The van der Waals surface area contributed by atoms with E-state index in [2.05, 4.69) is 10.7 Å². The monoisotopic (exact) mass is 115 g/mol. The highest BCUT2D eigenvalue weighted by Gasteiger charge is 1.86. The van der Waals surface area contributed by atoms with Gasteiger partial charge in [-0.2, -0.15) is 5.90 Å². The van der Waals surface area contributed by atoms with Gasteiger partial charge in [-0.1, -0.05) is 13.0 Å². The van der Waals surface area contributed by atoms with Crippen LogP contribution in [0.25, 0.3) is 0 Å². The van der Waals surface area contributed by atoms with Crippen molar-refractivity contribution in [1.82, 2.24) is 0 Å². The SMILES string of the molecule is CC/C=C/C(=O)ON. The van der Waals surface area contributed by atoms with E-state index >= 15 is 0 Å². The average Bonchev–Trinajstić information content (AvgIpc) is 1.83. The number of carbonyl (C=O) groups excluding carboxylic acids is 1. The van der Waals surface area contributed by atoms with Gasteiger partial charge < -0.3 is 4.84 Å². The van der Waals surface area contributed by atoms with Crippen LogP contribution in [0.5, 0.6) is 0 Å². The quantitative estimate of drug-likeness (QED) is 0.418. The zero-order valence-corrected chi connectivity index (χ0v) is 4.76. The maximum atomic E-state index is 10.1. The molecule has 0 aliphatic rings. The van der Waals surface area contributed by atoms with Gasteiger partial charge in [-0.05, 0) is 6.42 Å². The minimum absolute atomic E-state index is 0.508. The lowest BCUT2D eigenvalue weighted by Gasteiger charge is -1.84. The van der Waals surface area contributed by atoms with Gasteiger partial charge in [-0.15, -0.1) is 0 Å². The third-order valence-electron chi connectivity index (χ3n) is 0.606. The van der Waals surface area contributed by atoms with Crippen LogP contribution in [0.1, 0.15) is 13.3 Å². The molecule has 0 unspecified atom stereocenters. The van der Waals surface area contributed by atoms with Gasteiger partial charge >= 0.3 is 5.97 Å². The predicted molar refractivity (Wildman–Crippen MR) is 29.7 cm³/mol. The van der Waals surface area contributed by atoms with Crippen LogP contribution < -0.4 is 5.90 Å². The Kier molecular flexibility index (Phi) is 3.88. The summed E-state index contributed by atoms with van der Waals surface area (Å²) in [5, 5.41) is 0. The summed E-state index contributed by atoms with van der Waals surface area (Å²) < 4.78 is 0. The highest BCUT2D eigenvalue weighted by Crippen LogP contribution is 1.79. The summed E-state index contributed by atoms with van der Waals surface area (Å²) in [5.41, 5.74) is 0. The Hall–Kier alpha value is -0.830. The molecular weight excluding hydrogens is 106 g/mol. The Morgan fingerprint density at radius 3 is 2.88 bits per heavy atom. The summed E-state index contributed by atoms with van der Waals surface area (Å²) in [5.74, 6) is 4.00. The second kappa shape index (κ2) is 4.33. The summed E-state index contributed by atoms with van der Waals surface area (Å²) in [6.07, 6.45) is 3.78. The van der Waals surface area contributed by atoms with Crippen molar-refractivity contribution in [2.45, 2.75) is 13.3 Å². The fourth-order valence-corrected chi connectivity index (χ4v) is 0.253. The molecule has 8 heavy (non-hydrogen) atoms. The van der Waals surface area contributed by atoms with Gasteiger partial charge in [0.2, 0.25) is 0 Å². The van der Waals surface area contributed by atoms with Crippen LogP contribution in [0.4, 0.5) is 0 Å². The second-order valence-corrected chi connectivity index (χ2v) is 1.25. The number of nitrogens with two attached hydrogens (primary N) is 1. The van der Waals surface area contributed by atoms with Gasteiger partial charge in [0.15, 0.2) is 0 Å². The first-order valence-corrected chi connectivity index (χ1v) is 2.38. The van der Waals surface area contributed by atoms with Crippen LogP contribution in [0.3, 0.4) is 0 Å². The molecule has 0 aliphatic heterocycles. The number of hydrogen-bond acceptors (Lipinski definition) is 3. The van der Waals surface area contributed by atoms with E-state index in [9.17, 15) is 4.79 Å². The molecule has 0 atom stereocenters. The topological polar surface area (TPSA) is 52.3 Å². The van der Waals surface area contributed by atoms with Crippen molar-refractivity contribution in [3.05, 3.63) is 12.2 Å². The Labute approximate surface area is 48.1 Å². The molecule has 0 rings (SSSR count). The van der Waals surface area contributed by atoms with Gasteiger partial charge in [0.05, 0.1) is 0 Å². The third-order valence-corrected chi connectivity index (χ3v) is 0.606. The molecule has 46 valence electrons. The Balaban J connectivity index is 3.37. The van der Waals surface area contributed by atoms with Gasteiger partial charge in [0.1, 0.15) is 0 Å². The first-order chi connectivity index (χ1) is 3.81. The van der Waals surface area contributed by atoms with Gasteiger partial charge in [-0.3, -0.25) is 0 Å². The maximum Gasteiger partial charge on any atom is 0.348 e. The lowest BCUT2D eigenvalue weighted by molar-refractivity contribution is -0.138. The molecule has 2 N–H and O–H groups in total. The molecule has 3 heteroatoms. The van der Waals surface area contributed by atoms with E-state index in [1.54, 1.807) is 6.08 Å². The van der Waals surface area contributed by atoms with E-state index in [4.69, 9.17) is 0 Å². The molecule has 0 amide bonds. The molecule has 3 nitrogen and oxygen atoms in total. The zero-order chi connectivity index (χ0) is 6.41. The number of hydrogen-bond donors (Lipinski definition) is 1. The molecule has 0 heterocycles. The van der Waals surface area contributed by atoms with Crippen molar-refractivity contribution in [2.24, 2.45) is 5.90 Å². The van der Waals surface area contributed by atoms with Crippen molar-refractivity contribution in [1.29, 1.82) is 0 Å². The van der Waals surface area contributed by atoms with Crippen LogP contribution in [0.2, 0.25) is 0 Å². The molecule has 0 saturated heterocycles. The van der Waals surface area contributed by atoms with Crippen LogP contribution >= 0.6 is 0 Å². The van der Waals surface area contributed by atoms with Crippen molar-refractivity contribution in [3.63, 3.8) is 0 Å². The zero-order valence-electron chi connectivity index (χ0n) is 4.76. The number of carbonyl (C=O) groups is 1. The van der Waals surface area contributed by atoms with Gasteiger partial charge in [0.25, 0.3) is 0 Å². The molecule has 0 aromatic rings. The molecule has 0 fully saturated rings. The highest BCUT2D eigenvalue weighted by atomic mass is 16.7. The van der Waals surface area contributed by atoms with Crippen molar-refractivity contribution >= 4 is 5.97 Å². The van der Waals surface area contributed by atoms with E-state index in [1.165, 1.54) is 6.08 Å². The van der Waals surface area contributed by atoms with Gasteiger partial charge in [0, 0.05) is 6.08 Å². The fourth-order valence-electron chi connectivity index (χ4n) is 0.253. The Morgan fingerprint density at radius 1 is 1.88 bits per heavy atom. The molecule has 0 aromatic heterocycles. The summed E-state index contributed by atoms with van der Waals surface area (Å²) in [6.45, 7) is 1.92. The normalized spacial score (nSPS) is 9.75. The minimum atomic E-state index is -0.508. The molecule has 0 bridgehead atoms. The molecule has 0 radical (unpaired) electrons. The Morgan fingerprint density at radius 2 is 2.50 bits per heavy atom.